The molecule has 3 rings (SSSR count). The van der Waals surface area contributed by atoms with Crippen LogP contribution in [0.2, 0.25) is 0 Å². The first-order chi connectivity index (χ1) is 10.3. The predicted molar refractivity (Wildman–Crippen MR) is 85.9 cm³/mol. The van der Waals surface area contributed by atoms with E-state index in [4.69, 9.17) is 4.74 Å². The molecule has 0 aliphatic rings. The average molecular weight is 294 g/mol. The molecule has 0 fully saturated rings. The molecule has 0 bridgehead atoms. The van der Waals surface area contributed by atoms with E-state index in [1.54, 1.807) is 17.4 Å². The minimum absolute atomic E-state index is 0.492. The third kappa shape index (κ3) is 3.38. The fourth-order valence-electron chi connectivity index (χ4n) is 2.11. The number of carbonyl (C=O) groups excluding carboxylic acids is 1. The quantitative estimate of drug-likeness (QED) is 0.631. The van der Waals surface area contributed by atoms with Crippen molar-refractivity contribution in [1.82, 2.24) is 0 Å². The Balaban J connectivity index is 1.84. The molecule has 2 nitrogen and oxygen atoms in total. The van der Waals surface area contributed by atoms with Crippen LogP contribution in [-0.2, 0) is 6.61 Å². The Kier molecular flexibility index (Phi) is 4.12. The molecule has 0 N–H and O–H groups in total. The van der Waals surface area contributed by atoms with Crippen molar-refractivity contribution in [2.45, 2.75) is 6.61 Å². The van der Waals surface area contributed by atoms with Crippen LogP contribution >= 0.6 is 11.3 Å². The molecule has 3 aromatic rings. The van der Waals surface area contributed by atoms with Crippen LogP contribution in [0.3, 0.4) is 0 Å². The summed E-state index contributed by atoms with van der Waals surface area (Å²) in [4.78, 5) is 11.1. The lowest BCUT2D eigenvalue weighted by atomic mass is 10.1. The monoisotopic (exact) mass is 294 g/mol. The van der Waals surface area contributed by atoms with Crippen molar-refractivity contribution in [2.24, 2.45) is 0 Å². The Morgan fingerprint density at radius 2 is 1.86 bits per heavy atom. The molecule has 0 aliphatic heterocycles. The summed E-state index contributed by atoms with van der Waals surface area (Å²) in [6.45, 7) is 0.492. The smallest absolute Gasteiger partial charge is 0.150 e. The van der Waals surface area contributed by atoms with Crippen LogP contribution in [0.4, 0.5) is 0 Å². The average Bonchev–Trinajstić information content (AvgIpc) is 3.08. The van der Waals surface area contributed by atoms with Gasteiger partial charge in [0.2, 0.25) is 0 Å². The van der Waals surface area contributed by atoms with Crippen LogP contribution in [0.15, 0.2) is 65.4 Å². The van der Waals surface area contributed by atoms with Gasteiger partial charge in [-0.25, -0.2) is 0 Å². The van der Waals surface area contributed by atoms with Gasteiger partial charge in [-0.05, 0) is 51.7 Å². The van der Waals surface area contributed by atoms with Gasteiger partial charge in [-0.1, -0.05) is 30.3 Å². The maximum Gasteiger partial charge on any atom is 0.150 e. The summed E-state index contributed by atoms with van der Waals surface area (Å²) < 4.78 is 5.82. The lowest BCUT2D eigenvalue weighted by molar-refractivity contribution is 0.112. The lowest BCUT2D eigenvalue weighted by Crippen LogP contribution is -1.96. The maximum atomic E-state index is 11.1. The van der Waals surface area contributed by atoms with Crippen LogP contribution in [0.5, 0.6) is 5.75 Å². The van der Waals surface area contributed by atoms with E-state index >= 15 is 0 Å². The highest BCUT2D eigenvalue weighted by molar-refractivity contribution is 7.08. The molecule has 0 saturated heterocycles. The van der Waals surface area contributed by atoms with E-state index in [0.717, 1.165) is 23.0 Å². The van der Waals surface area contributed by atoms with E-state index in [1.165, 1.54) is 0 Å². The molecule has 0 unspecified atom stereocenters. The fourth-order valence-corrected chi connectivity index (χ4v) is 2.77. The molecule has 0 saturated carbocycles. The Morgan fingerprint density at radius 1 is 1.00 bits per heavy atom. The normalized spacial score (nSPS) is 10.3. The Morgan fingerprint density at radius 3 is 2.57 bits per heavy atom. The standard InChI is InChI=1S/C18H14O2S/c19-11-15-8-17(16-6-7-21-13-16)10-18(9-15)20-12-14-4-2-1-3-5-14/h1-11,13H,12H2. The summed E-state index contributed by atoms with van der Waals surface area (Å²) in [6.07, 6.45) is 0.852. The molecule has 0 radical (unpaired) electrons. The van der Waals surface area contributed by atoms with Crippen molar-refractivity contribution in [3.63, 3.8) is 0 Å². The second kappa shape index (κ2) is 6.37. The molecule has 0 atom stereocenters. The van der Waals surface area contributed by atoms with Gasteiger partial charge in [-0.15, -0.1) is 0 Å². The molecule has 0 spiro atoms. The van der Waals surface area contributed by atoms with Crippen molar-refractivity contribution in [3.8, 4) is 16.9 Å². The molecule has 2 aromatic carbocycles. The predicted octanol–water partition coefficient (Wildman–Crippen LogP) is 4.81. The highest BCUT2D eigenvalue weighted by Gasteiger charge is 2.05. The number of ether oxygens (including phenoxy) is 1. The largest absolute Gasteiger partial charge is 0.489 e. The third-order valence-corrected chi connectivity index (χ3v) is 3.85. The molecule has 3 heteroatoms. The molecular formula is C18H14O2S. The first-order valence-corrected chi connectivity index (χ1v) is 7.59. The van der Waals surface area contributed by atoms with Gasteiger partial charge in [0.25, 0.3) is 0 Å². The topological polar surface area (TPSA) is 26.3 Å². The zero-order chi connectivity index (χ0) is 14.5. The van der Waals surface area contributed by atoms with Crippen LogP contribution in [0.25, 0.3) is 11.1 Å². The number of benzene rings is 2. The Labute approximate surface area is 127 Å². The van der Waals surface area contributed by atoms with Gasteiger partial charge in [0.05, 0.1) is 0 Å². The zero-order valence-electron chi connectivity index (χ0n) is 11.4. The van der Waals surface area contributed by atoms with Crippen LogP contribution < -0.4 is 4.74 Å². The second-order valence-electron chi connectivity index (χ2n) is 4.69. The van der Waals surface area contributed by atoms with Gasteiger partial charge in [-0.3, -0.25) is 4.79 Å². The van der Waals surface area contributed by atoms with E-state index in [2.05, 4.69) is 5.38 Å². The van der Waals surface area contributed by atoms with Crippen LogP contribution in [0.1, 0.15) is 15.9 Å². The molecule has 104 valence electrons. The number of hydrogen-bond acceptors (Lipinski definition) is 3. The number of carbonyl (C=O) groups is 1. The summed E-state index contributed by atoms with van der Waals surface area (Å²) in [6, 6.07) is 17.6. The maximum absolute atomic E-state index is 11.1. The number of hydrogen-bond donors (Lipinski definition) is 0. The summed E-state index contributed by atoms with van der Waals surface area (Å²) in [7, 11) is 0. The molecule has 0 aliphatic carbocycles. The highest BCUT2D eigenvalue weighted by atomic mass is 32.1. The third-order valence-electron chi connectivity index (χ3n) is 3.17. The summed E-state index contributed by atoms with van der Waals surface area (Å²) in [5.41, 5.74) is 3.84. The summed E-state index contributed by atoms with van der Waals surface area (Å²) >= 11 is 1.63. The van der Waals surface area contributed by atoms with E-state index in [9.17, 15) is 4.79 Å². The Hall–Kier alpha value is -2.39. The van der Waals surface area contributed by atoms with E-state index in [-0.39, 0.29) is 0 Å². The number of rotatable bonds is 5. The van der Waals surface area contributed by atoms with E-state index in [1.807, 2.05) is 53.9 Å². The highest BCUT2D eigenvalue weighted by Crippen LogP contribution is 2.27. The second-order valence-corrected chi connectivity index (χ2v) is 5.47. The molecule has 1 heterocycles. The minimum atomic E-state index is 0.492. The van der Waals surface area contributed by atoms with Gasteiger partial charge >= 0.3 is 0 Å². The van der Waals surface area contributed by atoms with Crippen molar-refractivity contribution in [3.05, 3.63) is 76.5 Å². The van der Waals surface area contributed by atoms with Gasteiger partial charge in [0.1, 0.15) is 18.6 Å². The van der Waals surface area contributed by atoms with Gasteiger partial charge in [0.15, 0.2) is 0 Å². The van der Waals surface area contributed by atoms with Crippen molar-refractivity contribution in [1.29, 1.82) is 0 Å². The van der Waals surface area contributed by atoms with E-state index < -0.39 is 0 Å². The van der Waals surface area contributed by atoms with Gasteiger partial charge < -0.3 is 4.74 Å². The number of aldehydes is 1. The van der Waals surface area contributed by atoms with Gasteiger partial charge in [-0.2, -0.15) is 11.3 Å². The summed E-state index contributed by atoms with van der Waals surface area (Å²) in [5, 5.41) is 4.08. The first-order valence-electron chi connectivity index (χ1n) is 6.65. The molecule has 1 aromatic heterocycles. The van der Waals surface area contributed by atoms with E-state index in [0.29, 0.717) is 17.9 Å². The minimum Gasteiger partial charge on any atom is -0.489 e. The molecule has 21 heavy (non-hydrogen) atoms. The van der Waals surface area contributed by atoms with Crippen LogP contribution in [0, 0.1) is 0 Å². The summed E-state index contributed by atoms with van der Waals surface area (Å²) in [5.74, 6) is 0.713. The van der Waals surface area contributed by atoms with Crippen molar-refractivity contribution >= 4 is 17.6 Å². The molecular weight excluding hydrogens is 280 g/mol. The first kappa shape index (κ1) is 13.6. The van der Waals surface area contributed by atoms with Crippen molar-refractivity contribution in [2.75, 3.05) is 0 Å². The van der Waals surface area contributed by atoms with Crippen LogP contribution in [-0.4, -0.2) is 6.29 Å². The van der Waals surface area contributed by atoms with Crippen molar-refractivity contribution < 1.29 is 9.53 Å². The lowest BCUT2D eigenvalue weighted by Gasteiger charge is -2.09. The fraction of sp³-hybridized carbons (Fsp3) is 0.0556. The SMILES string of the molecule is O=Cc1cc(OCc2ccccc2)cc(-c2ccsc2)c1. The zero-order valence-corrected chi connectivity index (χ0v) is 12.2. The molecule has 0 amide bonds. The van der Waals surface area contributed by atoms with Gasteiger partial charge in [0, 0.05) is 5.56 Å². The number of thiophene rings is 1. The Bertz CT molecular complexity index is 718.